The normalized spacial score (nSPS) is 13.6. The fraction of sp³-hybridized carbons (Fsp3) is 0.778. The van der Waals surface area contributed by atoms with Crippen molar-refractivity contribution in [3.05, 3.63) is 72.9 Å². The highest BCUT2D eigenvalue weighted by molar-refractivity contribution is 5.78. The van der Waals surface area contributed by atoms with Gasteiger partial charge in [-0.05, 0) is 57.4 Å². The van der Waals surface area contributed by atoms with E-state index < -0.39 is 18.2 Å². The van der Waals surface area contributed by atoms with Gasteiger partial charge in [0.15, 0.2) is 0 Å². The molecule has 0 bridgehead atoms. The minimum absolute atomic E-state index is 0.0464. The average molecular weight is 965 g/mol. The molecule has 0 aromatic carbocycles. The van der Waals surface area contributed by atoms with Crippen molar-refractivity contribution < 1.29 is 24.5 Å². The number of ether oxygens (including phenoxy) is 1. The second-order valence-corrected chi connectivity index (χ2v) is 20.0. The summed E-state index contributed by atoms with van der Waals surface area (Å²) in [5, 5.41) is 23.8. The number of carbonyl (C=O) groups excluding carboxylic acids is 2. The molecule has 0 aromatic rings. The van der Waals surface area contributed by atoms with Crippen LogP contribution in [0.3, 0.4) is 0 Å². The minimum atomic E-state index is -0.822. The standard InChI is InChI=1S/C63H113NO5/c1-4-7-10-13-16-19-22-25-28-31-33-36-39-42-45-48-51-54-59(69-63(68)56-53-50-47-44-41-38-35-32-29-26-23-20-17-14-11-8-5-2)57-62(67)64-60(58-65)61(66)55-52-49-46-43-40-37-34-30-27-24-21-18-15-12-9-6-3/h7,10,16,19,25,28,33,36,42,45,51,54,59-61,65-66H,4-6,8-9,11-15,17-18,20-24,26-27,29-32,34-35,37-41,43-44,46-50,52-53,55-58H2,1-3H3,(H,64,67)/b10-7-,19-16-,28-25-,36-33-,45-42-,54-51-. The van der Waals surface area contributed by atoms with E-state index in [1.807, 2.05) is 12.2 Å². The topological polar surface area (TPSA) is 95.9 Å². The van der Waals surface area contributed by atoms with Crippen molar-refractivity contribution in [3.8, 4) is 0 Å². The van der Waals surface area contributed by atoms with Crippen LogP contribution in [0.2, 0.25) is 0 Å². The van der Waals surface area contributed by atoms with Crippen LogP contribution in [0.15, 0.2) is 72.9 Å². The van der Waals surface area contributed by atoms with Gasteiger partial charge in [-0.2, -0.15) is 0 Å². The zero-order chi connectivity index (χ0) is 50.2. The molecule has 0 spiro atoms. The van der Waals surface area contributed by atoms with E-state index in [1.165, 1.54) is 173 Å². The Morgan fingerprint density at radius 2 is 0.754 bits per heavy atom. The number of rotatable bonds is 53. The number of aliphatic hydroxyl groups is 2. The molecule has 1 amide bonds. The predicted octanol–water partition coefficient (Wildman–Crippen LogP) is 18.5. The number of hydrogen-bond donors (Lipinski definition) is 3. The number of amides is 1. The van der Waals surface area contributed by atoms with Gasteiger partial charge in [-0.15, -0.1) is 0 Å². The van der Waals surface area contributed by atoms with Crippen molar-refractivity contribution in [2.45, 2.75) is 309 Å². The third-order valence-electron chi connectivity index (χ3n) is 13.3. The summed E-state index contributed by atoms with van der Waals surface area (Å²) in [5.41, 5.74) is 0. The Morgan fingerprint density at radius 3 is 1.10 bits per heavy atom. The number of nitrogens with one attached hydrogen (secondary N) is 1. The molecule has 0 aliphatic rings. The zero-order valence-electron chi connectivity index (χ0n) is 45.7. The number of esters is 1. The molecule has 3 N–H and O–H groups in total. The van der Waals surface area contributed by atoms with Gasteiger partial charge in [-0.1, -0.05) is 293 Å². The average Bonchev–Trinajstić information content (AvgIpc) is 3.34. The van der Waals surface area contributed by atoms with Crippen molar-refractivity contribution in [2.75, 3.05) is 6.61 Å². The molecule has 3 atom stereocenters. The first-order chi connectivity index (χ1) is 34.0. The number of allylic oxidation sites excluding steroid dienone is 11. The first-order valence-corrected chi connectivity index (χ1v) is 29.7. The summed E-state index contributed by atoms with van der Waals surface area (Å²) < 4.78 is 5.86. The Labute approximate surface area is 428 Å². The fourth-order valence-corrected chi connectivity index (χ4v) is 8.84. The second-order valence-electron chi connectivity index (χ2n) is 20.0. The fourth-order valence-electron chi connectivity index (χ4n) is 8.84. The smallest absolute Gasteiger partial charge is 0.306 e. The largest absolute Gasteiger partial charge is 0.458 e. The molecular formula is C63H113NO5. The molecule has 0 aliphatic heterocycles. The maximum absolute atomic E-state index is 13.2. The van der Waals surface area contributed by atoms with E-state index >= 15 is 0 Å². The molecule has 400 valence electrons. The Bertz CT molecular complexity index is 1270. The van der Waals surface area contributed by atoms with Gasteiger partial charge >= 0.3 is 5.97 Å². The molecule has 0 saturated heterocycles. The predicted molar refractivity (Wildman–Crippen MR) is 301 cm³/mol. The van der Waals surface area contributed by atoms with E-state index in [2.05, 4.69) is 86.8 Å². The molecule has 6 heteroatoms. The van der Waals surface area contributed by atoms with E-state index in [0.29, 0.717) is 19.3 Å². The van der Waals surface area contributed by atoms with Crippen LogP contribution in [0.4, 0.5) is 0 Å². The first-order valence-electron chi connectivity index (χ1n) is 29.7. The maximum atomic E-state index is 13.2. The van der Waals surface area contributed by atoms with E-state index in [1.54, 1.807) is 0 Å². The van der Waals surface area contributed by atoms with Crippen molar-refractivity contribution in [1.29, 1.82) is 0 Å². The summed E-state index contributed by atoms with van der Waals surface area (Å²) in [5.74, 6) is -0.620. The van der Waals surface area contributed by atoms with Crippen LogP contribution in [0.25, 0.3) is 0 Å². The Kier molecular flexibility index (Phi) is 54.0. The summed E-state index contributed by atoms with van der Waals surface area (Å²) in [6.07, 6.45) is 72.9. The van der Waals surface area contributed by atoms with Gasteiger partial charge in [0.1, 0.15) is 6.10 Å². The highest BCUT2D eigenvalue weighted by Gasteiger charge is 2.23. The van der Waals surface area contributed by atoms with Gasteiger partial charge in [0.2, 0.25) is 5.91 Å². The SMILES string of the molecule is CC/C=C\C/C=C\C/C=C\C/C=C\C/C=C\C/C=C\C(CC(=O)NC(CO)C(O)CCCCCCCCCCCCCCCCCC)OC(=O)CCCCCCCCCCCCCCCCCCC. The van der Waals surface area contributed by atoms with Crippen LogP contribution in [0, 0.1) is 0 Å². The Balaban J connectivity index is 4.68. The number of carbonyl (C=O) groups is 2. The lowest BCUT2D eigenvalue weighted by Gasteiger charge is -2.23. The first kappa shape index (κ1) is 66.3. The van der Waals surface area contributed by atoms with Crippen LogP contribution in [0.1, 0.15) is 290 Å². The minimum Gasteiger partial charge on any atom is -0.458 e. The lowest BCUT2D eigenvalue weighted by molar-refractivity contribution is -0.148. The van der Waals surface area contributed by atoms with Gasteiger partial charge < -0.3 is 20.3 Å². The molecule has 0 aromatic heterocycles. The number of unbranched alkanes of at least 4 members (excludes halogenated alkanes) is 31. The van der Waals surface area contributed by atoms with Crippen LogP contribution in [-0.2, 0) is 14.3 Å². The highest BCUT2D eigenvalue weighted by atomic mass is 16.5. The summed E-state index contributed by atoms with van der Waals surface area (Å²) >= 11 is 0. The molecule has 3 unspecified atom stereocenters. The van der Waals surface area contributed by atoms with Crippen molar-refractivity contribution in [1.82, 2.24) is 5.32 Å². The lowest BCUT2D eigenvalue weighted by Crippen LogP contribution is -2.46. The number of hydrogen-bond acceptors (Lipinski definition) is 5. The van der Waals surface area contributed by atoms with Crippen LogP contribution in [0.5, 0.6) is 0 Å². The summed E-state index contributed by atoms with van der Waals surface area (Å²) in [4.78, 5) is 26.2. The molecule has 6 nitrogen and oxygen atoms in total. The van der Waals surface area contributed by atoms with Gasteiger partial charge in [0.05, 0.1) is 25.2 Å². The summed E-state index contributed by atoms with van der Waals surface area (Å²) in [7, 11) is 0. The molecule has 0 heterocycles. The summed E-state index contributed by atoms with van der Waals surface area (Å²) in [6.45, 7) is 6.37. The molecule has 0 fully saturated rings. The molecular weight excluding hydrogens is 851 g/mol. The van der Waals surface area contributed by atoms with Gasteiger partial charge in [-0.25, -0.2) is 0 Å². The molecule has 0 aliphatic carbocycles. The van der Waals surface area contributed by atoms with E-state index in [0.717, 1.165) is 70.6 Å². The van der Waals surface area contributed by atoms with Crippen LogP contribution in [-0.4, -0.2) is 46.9 Å². The van der Waals surface area contributed by atoms with Crippen LogP contribution < -0.4 is 5.32 Å². The molecule has 0 rings (SSSR count). The Morgan fingerprint density at radius 1 is 0.435 bits per heavy atom. The lowest BCUT2D eigenvalue weighted by atomic mass is 10.0. The third kappa shape index (κ3) is 51.5. The van der Waals surface area contributed by atoms with E-state index in [9.17, 15) is 19.8 Å². The highest BCUT2D eigenvalue weighted by Crippen LogP contribution is 2.17. The van der Waals surface area contributed by atoms with Gasteiger partial charge in [-0.3, -0.25) is 9.59 Å². The monoisotopic (exact) mass is 964 g/mol. The van der Waals surface area contributed by atoms with Crippen molar-refractivity contribution in [2.24, 2.45) is 0 Å². The number of aliphatic hydroxyl groups excluding tert-OH is 2. The Hall–Kier alpha value is -2.70. The quantitative estimate of drug-likeness (QED) is 0.0321. The molecule has 69 heavy (non-hydrogen) atoms. The van der Waals surface area contributed by atoms with Crippen molar-refractivity contribution in [3.63, 3.8) is 0 Å². The van der Waals surface area contributed by atoms with Gasteiger partial charge in [0, 0.05) is 6.42 Å². The molecule has 0 radical (unpaired) electrons. The van der Waals surface area contributed by atoms with Gasteiger partial charge in [0.25, 0.3) is 0 Å². The van der Waals surface area contributed by atoms with E-state index in [-0.39, 0.29) is 24.9 Å². The zero-order valence-corrected chi connectivity index (χ0v) is 45.7. The third-order valence-corrected chi connectivity index (χ3v) is 13.3. The second kappa shape index (κ2) is 56.2. The summed E-state index contributed by atoms with van der Waals surface area (Å²) in [6, 6.07) is -0.745. The van der Waals surface area contributed by atoms with Crippen molar-refractivity contribution >= 4 is 11.9 Å². The van der Waals surface area contributed by atoms with Crippen LogP contribution >= 0.6 is 0 Å². The maximum Gasteiger partial charge on any atom is 0.306 e. The van der Waals surface area contributed by atoms with E-state index in [4.69, 9.17) is 4.74 Å². The molecule has 0 saturated carbocycles.